The highest BCUT2D eigenvalue weighted by atomic mass is 16.2. The SMILES string of the molecule is Nc1ccc(NC(=O)c2ccc3c(c2)CCC(=O)N3)cn1. The van der Waals surface area contributed by atoms with Gasteiger partial charge in [0.1, 0.15) is 5.82 Å². The van der Waals surface area contributed by atoms with Gasteiger partial charge in [-0.15, -0.1) is 0 Å². The summed E-state index contributed by atoms with van der Waals surface area (Å²) in [4.78, 5) is 27.4. The quantitative estimate of drug-likeness (QED) is 0.782. The van der Waals surface area contributed by atoms with Crippen LogP contribution in [0.25, 0.3) is 0 Å². The van der Waals surface area contributed by atoms with Gasteiger partial charge in [0.15, 0.2) is 0 Å². The molecule has 0 bridgehead atoms. The van der Waals surface area contributed by atoms with Crippen molar-refractivity contribution in [1.29, 1.82) is 0 Å². The van der Waals surface area contributed by atoms with E-state index >= 15 is 0 Å². The first-order valence-corrected chi connectivity index (χ1v) is 6.57. The van der Waals surface area contributed by atoms with Crippen molar-refractivity contribution in [3.8, 4) is 0 Å². The molecule has 4 N–H and O–H groups in total. The molecule has 6 nitrogen and oxygen atoms in total. The van der Waals surface area contributed by atoms with Crippen LogP contribution >= 0.6 is 0 Å². The Morgan fingerprint density at radius 1 is 1.24 bits per heavy atom. The molecule has 2 amide bonds. The molecule has 3 rings (SSSR count). The Bertz CT molecular complexity index is 710. The highest BCUT2D eigenvalue weighted by Gasteiger charge is 2.16. The van der Waals surface area contributed by atoms with Gasteiger partial charge in [0.25, 0.3) is 5.91 Å². The summed E-state index contributed by atoms with van der Waals surface area (Å²) in [5.41, 5.74) is 8.37. The van der Waals surface area contributed by atoms with Crippen LogP contribution in [0.2, 0.25) is 0 Å². The normalized spacial score (nSPS) is 13.2. The van der Waals surface area contributed by atoms with Gasteiger partial charge in [-0.2, -0.15) is 0 Å². The third-order valence-electron chi connectivity index (χ3n) is 3.31. The number of nitrogens with zero attached hydrogens (tertiary/aromatic N) is 1. The van der Waals surface area contributed by atoms with E-state index in [1.165, 1.54) is 6.20 Å². The number of fused-ring (bicyclic) bond motifs is 1. The standard InChI is InChI=1S/C15H14N4O2/c16-13-5-3-11(8-17-13)18-15(21)10-1-4-12-9(7-10)2-6-14(20)19-12/h1,3-5,7-8H,2,6H2,(H2,16,17)(H,18,21)(H,19,20). The van der Waals surface area contributed by atoms with Crippen LogP contribution in [0, 0.1) is 0 Å². The Labute approximate surface area is 121 Å². The maximum atomic E-state index is 12.2. The lowest BCUT2D eigenvalue weighted by Gasteiger charge is -2.17. The number of anilines is 3. The number of benzene rings is 1. The molecule has 1 aromatic heterocycles. The second kappa shape index (κ2) is 5.24. The molecule has 1 aliphatic rings. The molecule has 6 heteroatoms. The van der Waals surface area contributed by atoms with Gasteiger partial charge in [-0.05, 0) is 42.3 Å². The van der Waals surface area contributed by atoms with Crippen LogP contribution in [0.3, 0.4) is 0 Å². The highest BCUT2D eigenvalue weighted by Crippen LogP contribution is 2.24. The molecule has 0 spiro atoms. The van der Waals surface area contributed by atoms with Gasteiger partial charge < -0.3 is 16.4 Å². The molecule has 0 saturated heterocycles. The number of carbonyl (C=O) groups is 2. The summed E-state index contributed by atoms with van der Waals surface area (Å²) in [6.07, 6.45) is 2.59. The first-order chi connectivity index (χ1) is 10.1. The summed E-state index contributed by atoms with van der Waals surface area (Å²) in [7, 11) is 0. The molecule has 0 saturated carbocycles. The van der Waals surface area contributed by atoms with Gasteiger partial charge in [0, 0.05) is 17.7 Å². The van der Waals surface area contributed by atoms with Crippen molar-refractivity contribution in [3.05, 3.63) is 47.7 Å². The average molecular weight is 282 g/mol. The number of pyridine rings is 1. The molecule has 21 heavy (non-hydrogen) atoms. The van der Waals surface area contributed by atoms with Crippen molar-refractivity contribution < 1.29 is 9.59 Å². The number of rotatable bonds is 2. The van der Waals surface area contributed by atoms with Crippen LogP contribution in [0.1, 0.15) is 22.3 Å². The van der Waals surface area contributed by atoms with E-state index in [0.29, 0.717) is 29.9 Å². The van der Waals surface area contributed by atoms with Crippen LogP contribution in [0.5, 0.6) is 0 Å². The van der Waals surface area contributed by atoms with Gasteiger partial charge in [0.05, 0.1) is 11.9 Å². The Hall–Kier alpha value is -2.89. The zero-order valence-corrected chi connectivity index (χ0v) is 11.2. The molecule has 0 unspecified atom stereocenters. The molecule has 1 aliphatic heterocycles. The first kappa shape index (κ1) is 13.1. The van der Waals surface area contributed by atoms with Crippen molar-refractivity contribution in [2.45, 2.75) is 12.8 Å². The number of nitrogens with two attached hydrogens (primary N) is 1. The smallest absolute Gasteiger partial charge is 0.255 e. The lowest BCUT2D eigenvalue weighted by Crippen LogP contribution is -2.20. The molecular formula is C15H14N4O2. The number of hydrogen-bond acceptors (Lipinski definition) is 4. The van der Waals surface area contributed by atoms with Crippen molar-refractivity contribution in [2.24, 2.45) is 0 Å². The minimum Gasteiger partial charge on any atom is -0.384 e. The lowest BCUT2D eigenvalue weighted by molar-refractivity contribution is -0.116. The molecule has 1 aromatic carbocycles. The molecule has 2 aromatic rings. The molecule has 2 heterocycles. The summed E-state index contributed by atoms with van der Waals surface area (Å²) in [6, 6.07) is 8.55. The third kappa shape index (κ3) is 2.84. The second-order valence-corrected chi connectivity index (χ2v) is 4.85. The Kier molecular flexibility index (Phi) is 3.27. The predicted molar refractivity (Wildman–Crippen MR) is 80.0 cm³/mol. The van der Waals surface area contributed by atoms with E-state index in [9.17, 15) is 9.59 Å². The van der Waals surface area contributed by atoms with E-state index < -0.39 is 0 Å². The van der Waals surface area contributed by atoms with Crippen molar-refractivity contribution >= 4 is 29.0 Å². The highest BCUT2D eigenvalue weighted by molar-refractivity contribution is 6.05. The first-order valence-electron chi connectivity index (χ1n) is 6.57. The van der Waals surface area contributed by atoms with E-state index in [1.807, 2.05) is 0 Å². The number of aromatic nitrogens is 1. The molecule has 0 radical (unpaired) electrons. The minimum absolute atomic E-state index is 0.00708. The van der Waals surface area contributed by atoms with Crippen molar-refractivity contribution in [3.63, 3.8) is 0 Å². The largest absolute Gasteiger partial charge is 0.384 e. The summed E-state index contributed by atoms with van der Waals surface area (Å²) in [5.74, 6) is 0.187. The van der Waals surface area contributed by atoms with E-state index in [4.69, 9.17) is 5.73 Å². The molecule has 106 valence electrons. The fraction of sp³-hybridized carbons (Fsp3) is 0.133. The van der Waals surface area contributed by atoms with Crippen molar-refractivity contribution in [1.82, 2.24) is 4.98 Å². The summed E-state index contributed by atoms with van der Waals surface area (Å²) in [6.45, 7) is 0. The third-order valence-corrected chi connectivity index (χ3v) is 3.31. The average Bonchev–Trinajstić information content (AvgIpc) is 2.49. The number of amides is 2. The van der Waals surface area contributed by atoms with Crippen LogP contribution in [-0.4, -0.2) is 16.8 Å². The number of nitrogen functional groups attached to an aromatic ring is 1. The lowest BCUT2D eigenvalue weighted by atomic mass is 10.00. The number of nitrogens with one attached hydrogen (secondary N) is 2. The number of hydrogen-bond donors (Lipinski definition) is 3. The van der Waals surface area contributed by atoms with E-state index in [2.05, 4.69) is 15.6 Å². The zero-order chi connectivity index (χ0) is 14.8. The number of carbonyl (C=O) groups excluding carboxylic acids is 2. The Morgan fingerprint density at radius 2 is 2.10 bits per heavy atom. The fourth-order valence-electron chi connectivity index (χ4n) is 2.21. The van der Waals surface area contributed by atoms with Gasteiger partial charge >= 0.3 is 0 Å². The van der Waals surface area contributed by atoms with Crippen LogP contribution in [-0.2, 0) is 11.2 Å². The monoisotopic (exact) mass is 282 g/mol. The molecule has 0 fully saturated rings. The molecular weight excluding hydrogens is 268 g/mol. The molecule has 0 aliphatic carbocycles. The zero-order valence-electron chi connectivity index (χ0n) is 11.2. The summed E-state index contributed by atoms with van der Waals surface area (Å²) >= 11 is 0. The summed E-state index contributed by atoms with van der Waals surface area (Å²) < 4.78 is 0. The second-order valence-electron chi connectivity index (χ2n) is 4.85. The van der Waals surface area contributed by atoms with Crippen LogP contribution in [0.15, 0.2) is 36.5 Å². The maximum Gasteiger partial charge on any atom is 0.255 e. The van der Waals surface area contributed by atoms with E-state index in [-0.39, 0.29) is 11.8 Å². The number of aryl methyl sites for hydroxylation is 1. The van der Waals surface area contributed by atoms with Crippen LogP contribution < -0.4 is 16.4 Å². The van der Waals surface area contributed by atoms with Gasteiger partial charge in [-0.1, -0.05) is 0 Å². The fourth-order valence-corrected chi connectivity index (χ4v) is 2.21. The van der Waals surface area contributed by atoms with Gasteiger partial charge in [-0.25, -0.2) is 4.98 Å². The van der Waals surface area contributed by atoms with E-state index in [1.54, 1.807) is 30.3 Å². The topological polar surface area (TPSA) is 97.1 Å². The van der Waals surface area contributed by atoms with Gasteiger partial charge in [-0.3, -0.25) is 9.59 Å². The van der Waals surface area contributed by atoms with Crippen LogP contribution in [0.4, 0.5) is 17.2 Å². The predicted octanol–water partition coefficient (Wildman–Crippen LogP) is 1.80. The summed E-state index contributed by atoms with van der Waals surface area (Å²) in [5, 5.41) is 5.54. The minimum atomic E-state index is -0.221. The van der Waals surface area contributed by atoms with E-state index in [0.717, 1.165) is 11.3 Å². The maximum absolute atomic E-state index is 12.2. The Morgan fingerprint density at radius 3 is 2.86 bits per heavy atom. The Balaban J connectivity index is 1.79. The van der Waals surface area contributed by atoms with Crippen molar-refractivity contribution in [2.75, 3.05) is 16.4 Å². The van der Waals surface area contributed by atoms with Gasteiger partial charge in [0.2, 0.25) is 5.91 Å². The molecule has 0 atom stereocenters.